The highest BCUT2D eigenvalue weighted by Gasteiger charge is 1.97. The molecular weight excluding hydrogens is 223 g/mol. The maximum absolute atomic E-state index is 10.2. The fourth-order valence-electron chi connectivity index (χ4n) is 0.923. The summed E-state index contributed by atoms with van der Waals surface area (Å²) >= 11 is 11.6. The minimum absolute atomic E-state index is 0.0149. The second-order valence-corrected chi connectivity index (χ2v) is 3.51. The zero-order valence-electron chi connectivity index (χ0n) is 7.21. The zero-order chi connectivity index (χ0) is 10.6. The lowest BCUT2D eigenvalue weighted by Crippen LogP contribution is -1.89. The van der Waals surface area contributed by atoms with Gasteiger partial charge in [0.15, 0.2) is 0 Å². The van der Waals surface area contributed by atoms with Crippen LogP contribution in [0.2, 0.25) is 10.0 Å². The van der Waals surface area contributed by atoms with Gasteiger partial charge in [-0.15, -0.1) is 0 Å². The van der Waals surface area contributed by atoms with Crippen molar-refractivity contribution in [3.63, 3.8) is 0 Å². The van der Waals surface area contributed by atoms with Gasteiger partial charge in [0.2, 0.25) is 0 Å². The average Bonchev–Trinajstić information content (AvgIpc) is 2.08. The van der Waals surface area contributed by atoms with E-state index in [1.165, 1.54) is 6.08 Å². The van der Waals surface area contributed by atoms with E-state index in [1.807, 2.05) is 0 Å². The smallest absolute Gasteiger partial charge is 0.307 e. The van der Waals surface area contributed by atoms with E-state index in [9.17, 15) is 4.79 Å². The van der Waals surface area contributed by atoms with E-state index in [4.69, 9.17) is 28.3 Å². The molecular formula is C10H8Cl2O2. The van der Waals surface area contributed by atoms with E-state index in [-0.39, 0.29) is 6.42 Å². The number of hydrogen-bond acceptors (Lipinski definition) is 1. The maximum atomic E-state index is 10.2. The number of benzene rings is 1. The standard InChI is InChI=1S/C10H8Cl2O2/c11-8-5-4-7(9(12)6-8)2-1-3-10(13)14/h1-2,4-6H,3H2,(H,13,14). The fourth-order valence-corrected chi connectivity index (χ4v) is 1.39. The second kappa shape index (κ2) is 5.03. The molecule has 0 amide bonds. The largest absolute Gasteiger partial charge is 0.481 e. The van der Waals surface area contributed by atoms with Gasteiger partial charge in [0, 0.05) is 10.0 Å². The Morgan fingerprint density at radius 3 is 2.71 bits per heavy atom. The molecule has 74 valence electrons. The Balaban J connectivity index is 2.76. The Kier molecular flexibility index (Phi) is 3.98. The predicted octanol–water partition coefficient (Wildman–Crippen LogP) is 3.48. The van der Waals surface area contributed by atoms with E-state index >= 15 is 0 Å². The summed E-state index contributed by atoms with van der Waals surface area (Å²) in [5, 5.41) is 9.47. The molecule has 0 fully saturated rings. The number of carboxylic acid groups (broad SMARTS) is 1. The molecule has 1 N–H and O–H groups in total. The van der Waals surface area contributed by atoms with E-state index in [0.29, 0.717) is 10.0 Å². The van der Waals surface area contributed by atoms with Crippen LogP contribution in [0.25, 0.3) is 6.08 Å². The van der Waals surface area contributed by atoms with Gasteiger partial charge >= 0.3 is 5.97 Å². The molecule has 0 unspecified atom stereocenters. The van der Waals surface area contributed by atoms with Crippen molar-refractivity contribution in [3.05, 3.63) is 39.9 Å². The molecule has 1 rings (SSSR count). The van der Waals surface area contributed by atoms with Gasteiger partial charge in [-0.25, -0.2) is 0 Å². The van der Waals surface area contributed by atoms with Crippen LogP contribution in [0.4, 0.5) is 0 Å². The molecule has 0 aliphatic heterocycles. The van der Waals surface area contributed by atoms with Crippen molar-refractivity contribution >= 4 is 35.2 Å². The quantitative estimate of drug-likeness (QED) is 0.864. The minimum Gasteiger partial charge on any atom is -0.481 e. The van der Waals surface area contributed by atoms with Crippen LogP contribution in [0.1, 0.15) is 12.0 Å². The number of carbonyl (C=O) groups is 1. The van der Waals surface area contributed by atoms with E-state index in [2.05, 4.69) is 0 Å². The molecule has 0 saturated heterocycles. The van der Waals surface area contributed by atoms with E-state index < -0.39 is 5.97 Å². The van der Waals surface area contributed by atoms with Crippen LogP contribution in [0.5, 0.6) is 0 Å². The highest BCUT2D eigenvalue weighted by atomic mass is 35.5. The number of rotatable bonds is 3. The predicted molar refractivity (Wildman–Crippen MR) is 57.7 cm³/mol. The molecule has 2 nitrogen and oxygen atoms in total. The summed E-state index contributed by atoms with van der Waals surface area (Å²) in [6, 6.07) is 5.06. The molecule has 14 heavy (non-hydrogen) atoms. The number of aliphatic carboxylic acids is 1. The molecule has 1 aromatic rings. The molecule has 0 radical (unpaired) electrons. The molecule has 0 bridgehead atoms. The normalized spacial score (nSPS) is 10.7. The minimum atomic E-state index is -0.869. The molecule has 0 aliphatic rings. The van der Waals surface area contributed by atoms with Gasteiger partial charge in [-0.2, -0.15) is 0 Å². The Bertz CT molecular complexity index is 372. The van der Waals surface area contributed by atoms with Crippen molar-refractivity contribution in [3.8, 4) is 0 Å². The van der Waals surface area contributed by atoms with Crippen LogP contribution in [0.3, 0.4) is 0 Å². The Labute approximate surface area is 91.8 Å². The lowest BCUT2D eigenvalue weighted by Gasteiger charge is -1.97. The molecule has 1 aromatic carbocycles. The van der Waals surface area contributed by atoms with Crippen molar-refractivity contribution in [1.82, 2.24) is 0 Å². The van der Waals surface area contributed by atoms with Crippen molar-refractivity contribution in [2.75, 3.05) is 0 Å². The van der Waals surface area contributed by atoms with Gasteiger partial charge in [-0.1, -0.05) is 41.4 Å². The maximum Gasteiger partial charge on any atom is 0.307 e. The first-order chi connectivity index (χ1) is 6.59. The highest BCUT2D eigenvalue weighted by molar-refractivity contribution is 6.35. The van der Waals surface area contributed by atoms with Crippen molar-refractivity contribution in [1.29, 1.82) is 0 Å². The Morgan fingerprint density at radius 2 is 2.14 bits per heavy atom. The number of hydrogen-bond donors (Lipinski definition) is 1. The summed E-state index contributed by atoms with van der Waals surface area (Å²) < 4.78 is 0. The molecule has 0 atom stereocenters. The summed E-state index contributed by atoms with van der Waals surface area (Å²) in [7, 11) is 0. The van der Waals surface area contributed by atoms with Gasteiger partial charge in [-0.3, -0.25) is 4.79 Å². The average molecular weight is 231 g/mol. The van der Waals surface area contributed by atoms with Gasteiger partial charge in [-0.05, 0) is 17.7 Å². The van der Waals surface area contributed by atoms with Crippen LogP contribution < -0.4 is 0 Å². The third kappa shape index (κ3) is 3.40. The first kappa shape index (κ1) is 11.1. The van der Waals surface area contributed by atoms with Crippen molar-refractivity contribution < 1.29 is 9.90 Å². The van der Waals surface area contributed by atoms with Gasteiger partial charge in [0.25, 0.3) is 0 Å². The highest BCUT2D eigenvalue weighted by Crippen LogP contribution is 2.21. The van der Waals surface area contributed by atoms with Crippen LogP contribution in [0.15, 0.2) is 24.3 Å². The molecule has 0 aromatic heterocycles. The summed E-state index contributed by atoms with van der Waals surface area (Å²) in [4.78, 5) is 10.2. The first-order valence-electron chi connectivity index (χ1n) is 3.93. The van der Waals surface area contributed by atoms with Crippen LogP contribution in [-0.2, 0) is 4.79 Å². The van der Waals surface area contributed by atoms with Crippen molar-refractivity contribution in [2.24, 2.45) is 0 Å². The monoisotopic (exact) mass is 230 g/mol. The van der Waals surface area contributed by atoms with Gasteiger partial charge in [0.05, 0.1) is 6.42 Å². The summed E-state index contributed by atoms with van der Waals surface area (Å²) in [6.07, 6.45) is 3.18. The number of halogens is 2. The van der Waals surface area contributed by atoms with Gasteiger partial charge in [0.1, 0.15) is 0 Å². The Hall–Kier alpha value is -0.990. The lowest BCUT2D eigenvalue weighted by atomic mass is 10.2. The third-order valence-electron chi connectivity index (χ3n) is 1.55. The number of carboxylic acids is 1. The topological polar surface area (TPSA) is 37.3 Å². The molecule has 0 heterocycles. The summed E-state index contributed by atoms with van der Waals surface area (Å²) in [5.41, 5.74) is 0.761. The summed E-state index contributed by atoms with van der Waals surface area (Å²) in [5.74, 6) is -0.869. The first-order valence-corrected chi connectivity index (χ1v) is 4.68. The van der Waals surface area contributed by atoms with E-state index in [0.717, 1.165) is 5.56 Å². The SMILES string of the molecule is O=C(O)CC=Cc1ccc(Cl)cc1Cl. The van der Waals surface area contributed by atoms with E-state index in [1.54, 1.807) is 24.3 Å². The second-order valence-electron chi connectivity index (χ2n) is 2.67. The Morgan fingerprint density at radius 1 is 1.43 bits per heavy atom. The lowest BCUT2D eigenvalue weighted by molar-refractivity contribution is -0.135. The van der Waals surface area contributed by atoms with Crippen molar-refractivity contribution in [2.45, 2.75) is 6.42 Å². The molecule has 0 saturated carbocycles. The van der Waals surface area contributed by atoms with Crippen LogP contribution >= 0.6 is 23.2 Å². The molecule has 4 heteroatoms. The fraction of sp³-hybridized carbons (Fsp3) is 0.100. The third-order valence-corrected chi connectivity index (χ3v) is 2.11. The van der Waals surface area contributed by atoms with Gasteiger partial charge < -0.3 is 5.11 Å². The molecule has 0 aliphatic carbocycles. The van der Waals surface area contributed by atoms with Crippen LogP contribution in [0, 0.1) is 0 Å². The van der Waals surface area contributed by atoms with Crippen LogP contribution in [-0.4, -0.2) is 11.1 Å². The summed E-state index contributed by atoms with van der Waals surface area (Å²) in [6.45, 7) is 0. The molecule has 0 spiro atoms. The zero-order valence-corrected chi connectivity index (χ0v) is 8.72.